The predicted octanol–water partition coefficient (Wildman–Crippen LogP) is 4.35. The molecule has 1 aliphatic rings. The van der Waals surface area contributed by atoms with Gasteiger partial charge >= 0.3 is 0 Å². The Balaban J connectivity index is 1.51. The molecule has 0 spiro atoms. The number of ether oxygens (including phenoxy) is 1. The summed E-state index contributed by atoms with van der Waals surface area (Å²) in [4.78, 5) is 22.9. The molecule has 1 amide bonds. The fraction of sp³-hybridized carbons (Fsp3) is 0.300. The van der Waals surface area contributed by atoms with E-state index in [0.717, 1.165) is 36.2 Å². The number of para-hydroxylation sites is 2. The molecular weight excluding hydrogens is 350 g/mol. The summed E-state index contributed by atoms with van der Waals surface area (Å²) in [7, 11) is 0. The van der Waals surface area contributed by atoms with Crippen LogP contribution >= 0.6 is 11.6 Å². The van der Waals surface area contributed by atoms with Crippen LogP contribution in [0.15, 0.2) is 48.5 Å². The van der Waals surface area contributed by atoms with Gasteiger partial charge in [0.1, 0.15) is 11.6 Å². The van der Waals surface area contributed by atoms with Crippen LogP contribution in [-0.2, 0) is 4.79 Å². The van der Waals surface area contributed by atoms with Crippen molar-refractivity contribution >= 4 is 28.5 Å². The maximum Gasteiger partial charge on any atom is 0.263 e. The van der Waals surface area contributed by atoms with Crippen LogP contribution in [-0.4, -0.2) is 33.4 Å². The van der Waals surface area contributed by atoms with Crippen molar-refractivity contribution in [3.63, 3.8) is 0 Å². The fourth-order valence-corrected chi connectivity index (χ4v) is 3.57. The van der Waals surface area contributed by atoms with Crippen LogP contribution in [0.1, 0.15) is 31.6 Å². The average Bonchev–Trinajstić information content (AvgIpc) is 3.29. The van der Waals surface area contributed by atoms with Crippen molar-refractivity contribution in [2.75, 3.05) is 6.54 Å². The first-order chi connectivity index (χ1) is 12.6. The molecule has 6 heteroatoms. The molecule has 0 aliphatic carbocycles. The maximum atomic E-state index is 12.9. The van der Waals surface area contributed by atoms with Gasteiger partial charge in [0.2, 0.25) is 0 Å². The SMILES string of the molecule is C[C@H](Oc1ccc(Cl)cc1)C(=O)N1CCC[C@H]1c1nc2ccccc2[nH]1. The summed E-state index contributed by atoms with van der Waals surface area (Å²) in [5.41, 5.74) is 1.92. The number of benzene rings is 2. The number of hydrogen-bond donors (Lipinski definition) is 1. The third kappa shape index (κ3) is 3.27. The van der Waals surface area contributed by atoms with Crippen molar-refractivity contribution in [1.82, 2.24) is 14.9 Å². The predicted molar refractivity (Wildman–Crippen MR) is 101 cm³/mol. The van der Waals surface area contributed by atoms with Crippen molar-refractivity contribution < 1.29 is 9.53 Å². The van der Waals surface area contributed by atoms with Crippen molar-refractivity contribution in [3.8, 4) is 5.75 Å². The zero-order valence-electron chi connectivity index (χ0n) is 14.5. The Morgan fingerprint density at radius 2 is 2.04 bits per heavy atom. The summed E-state index contributed by atoms with van der Waals surface area (Å²) < 4.78 is 5.81. The van der Waals surface area contributed by atoms with Gasteiger partial charge in [-0.3, -0.25) is 4.79 Å². The lowest BCUT2D eigenvalue weighted by Crippen LogP contribution is -2.40. The average molecular weight is 370 g/mol. The van der Waals surface area contributed by atoms with Crippen molar-refractivity contribution in [2.45, 2.75) is 31.9 Å². The largest absolute Gasteiger partial charge is 0.481 e. The highest BCUT2D eigenvalue weighted by Crippen LogP contribution is 2.32. The number of amides is 1. The van der Waals surface area contributed by atoms with E-state index in [1.807, 2.05) is 29.2 Å². The topological polar surface area (TPSA) is 58.2 Å². The van der Waals surface area contributed by atoms with Crippen molar-refractivity contribution in [2.24, 2.45) is 0 Å². The smallest absolute Gasteiger partial charge is 0.263 e. The van der Waals surface area contributed by atoms with Gasteiger partial charge in [0.15, 0.2) is 6.10 Å². The molecule has 2 aromatic carbocycles. The first-order valence-corrected chi connectivity index (χ1v) is 9.17. The molecule has 134 valence electrons. The zero-order valence-corrected chi connectivity index (χ0v) is 15.2. The molecule has 0 bridgehead atoms. The lowest BCUT2D eigenvalue weighted by Gasteiger charge is -2.26. The second kappa shape index (κ2) is 7.00. The molecule has 1 saturated heterocycles. The van der Waals surface area contributed by atoms with Crippen LogP contribution < -0.4 is 4.74 Å². The van der Waals surface area contributed by atoms with Gasteiger partial charge in [-0.15, -0.1) is 0 Å². The van der Waals surface area contributed by atoms with Gasteiger partial charge in [0.05, 0.1) is 17.1 Å². The molecule has 2 heterocycles. The number of nitrogens with one attached hydrogen (secondary N) is 1. The van der Waals surface area contributed by atoms with E-state index in [0.29, 0.717) is 10.8 Å². The number of likely N-dealkylation sites (tertiary alicyclic amines) is 1. The van der Waals surface area contributed by atoms with Crippen LogP contribution in [0.25, 0.3) is 11.0 Å². The number of carbonyl (C=O) groups is 1. The standard InChI is InChI=1S/C20H20ClN3O2/c1-13(26-15-10-8-14(21)9-11-15)20(25)24-12-4-7-18(24)19-22-16-5-2-3-6-17(16)23-19/h2-3,5-6,8-11,13,18H,4,7,12H2,1H3,(H,22,23)/t13-,18-/m0/s1. The van der Waals surface area contributed by atoms with Crippen LogP contribution in [0, 0.1) is 0 Å². The third-order valence-corrected chi connectivity index (χ3v) is 4.99. The summed E-state index contributed by atoms with van der Waals surface area (Å²) in [6, 6.07) is 14.9. The number of H-pyrrole nitrogens is 1. The van der Waals surface area contributed by atoms with Gasteiger partial charge in [-0.05, 0) is 56.2 Å². The van der Waals surface area contributed by atoms with E-state index in [-0.39, 0.29) is 11.9 Å². The molecule has 26 heavy (non-hydrogen) atoms. The summed E-state index contributed by atoms with van der Waals surface area (Å²) in [6.07, 6.45) is 1.29. The number of hydrogen-bond acceptors (Lipinski definition) is 3. The number of halogens is 1. The van der Waals surface area contributed by atoms with Crippen molar-refractivity contribution in [3.05, 3.63) is 59.4 Å². The van der Waals surface area contributed by atoms with Crippen LogP contribution in [0.4, 0.5) is 0 Å². The lowest BCUT2D eigenvalue weighted by molar-refractivity contribution is -0.139. The molecule has 4 rings (SSSR count). The number of carbonyl (C=O) groups excluding carboxylic acids is 1. The molecule has 0 saturated carbocycles. The van der Waals surface area contributed by atoms with E-state index < -0.39 is 6.10 Å². The first kappa shape index (κ1) is 16.9. The van der Waals surface area contributed by atoms with E-state index >= 15 is 0 Å². The van der Waals surface area contributed by atoms with E-state index in [1.54, 1.807) is 31.2 Å². The Labute approximate surface area is 156 Å². The van der Waals surface area contributed by atoms with E-state index in [4.69, 9.17) is 16.3 Å². The molecule has 2 atom stereocenters. The molecule has 1 fully saturated rings. The Bertz CT molecular complexity index is 889. The number of aromatic amines is 1. The Kier molecular flexibility index (Phi) is 4.55. The summed E-state index contributed by atoms with van der Waals surface area (Å²) in [5, 5.41) is 0.640. The molecule has 1 aromatic heterocycles. The molecule has 3 aromatic rings. The van der Waals surface area contributed by atoms with Gasteiger partial charge in [0, 0.05) is 11.6 Å². The minimum absolute atomic E-state index is 0.0251. The molecule has 5 nitrogen and oxygen atoms in total. The molecular formula is C20H20ClN3O2. The number of nitrogens with zero attached hydrogens (tertiary/aromatic N) is 2. The minimum Gasteiger partial charge on any atom is -0.481 e. The number of imidazole rings is 1. The monoisotopic (exact) mass is 369 g/mol. The van der Waals surface area contributed by atoms with Crippen LogP contribution in [0.5, 0.6) is 5.75 Å². The second-order valence-electron chi connectivity index (χ2n) is 6.54. The highest BCUT2D eigenvalue weighted by atomic mass is 35.5. The van der Waals surface area contributed by atoms with Gasteiger partial charge in [-0.2, -0.15) is 0 Å². The molecule has 0 unspecified atom stereocenters. The van der Waals surface area contributed by atoms with Gasteiger partial charge < -0.3 is 14.6 Å². The number of aromatic nitrogens is 2. The zero-order chi connectivity index (χ0) is 18.1. The Hall–Kier alpha value is -2.53. The highest BCUT2D eigenvalue weighted by molar-refractivity contribution is 6.30. The minimum atomic E-state index is -0.568. The summed E-state index contributed by atoms with van der Waals surface area (Å²) in [6.45, 7) is 2.50. The second-order valence-corrected chi connectivity index (χ2v) is 6.98. The quantitative estimate of drug-likeness (QED) is 0.743. The maximum absolute atomic E-state index is 12.9. The first-order valence-electron chi connectivity index (χ1n) is 8.79. The normalized spacial score (nSPS) is 18.2. The fourth-order valence-electron chi connectivity index (χ4n) is 3.45. The lowest BCUT2D eigenvalue weighted by atomic mass is 10.2. The van der Waals surface area contributed by atoms with Gasteiger partial charge in [-0.1, -0.05) is 23.7 Å². The number of rotatable bonds is 4. The molecule has 0 radical (unpaired) electrons. The Morgan fingerprint density at radius 3 is 2.81 bits per heavy atom. The number of fused-ring (bicyclic) bond motifs is 1. The molecule has 1 aliphatic heterocycles. The van der Waals surface area contributed by atoms with Gasteiger partial charge in [0.25, 0.3) is 5.91 Å². The van der Waals surface area contributed by atoms with E-state index in [9.17, 15) is 4.79 Å². The van der Waals surface area contributed by atoms with Gasteiger partial charge in [-0.25, -0.2) is 4.98 Å². The molecule has 1 N–H and O–H groups in total. The highest BCUT2D eigenvalue weighted by Gasteiger charge is 2.35. The van der Waals surface area contributed by atoms with E-state index in [1.165, 1.54) is 0 Å². The van der Waals surface area contributed by atoms with Crippen LogP contribution in [0.3, 0.4) is 0 Å². The van der Waals surface area contributed by atoms with E-state index in [2.05, 4.69) is 9.97 Å². The third-order valence-electron chi connectivity index (χ3n) is 4.73. The van der Waals surface area contributed by atoms with Crippen LogP contribution in [0.2, 0.25) is 5.02 Å². The Morgan fingerprint density at radius 1 is 1.27 bits per heavy atom. The summed E-state index contributed by atoms with van der Waals surface area (Å²) >= 11 is 5.89. The summed E-state index contributed by atoms with van der Waals surface area (Å²) in [5.74, 6) is 1.45. The van der Waals surface area contributed by atoms with Crippen molar-refractivity contribution in [1.29, 1.82) is 0 Å².